The quantitative estimate of drug-likeness (QED) is 0.462. The van der Waals surface area contributed by atoms with Gasteiger partial charge in [0.25, 0.3) is 0 Å². The number of unbranched alkanes of at least 4 members (excludes halogenated alkanes) is 2. The van der Waals surface area contributed by atoms with Gasteiger partial charge in [0.2, 0.25) is 0 Å². The summed E-state index contributed by atoms with van der Waals surface area (Å²) in [6, 6.07) is 0. The smallest absolute Gasteiger partial charge is 0.305 e. The molecule has 2 nitrogen and oxygen atoms in total. The number of hydrogen-bond acceptors (Lipinski definition) is 2. The number of carbonyl (C=O) groups excluding carboxylic acids is 1. The normalized spacial score (nSPS) is 16.6. The number of ether oxygens (including phenoxy) is 1. The Hall–Kier alpha value is -0.530. The van der Waals surface area contributed by atoms with Crippen LogP contribution in [0.25, 0.3) is 0 Å². The van der Waals surface area contributed by atoms with Crippen LogP contribution in [0, 0.1) is 12.8 Å². The summed E-state index contributed by atoms with van der Waals surface area (Å²) >= 11 is 0. The molecule has 0 spiro atoms. The second-order valence-corrected chi connectivity index (χ2v) is 4.82. The molecule has 0 saturated heterocycles. The van der Waals surface area contributed by atoms with Crippen molar-refractivity contribution in [2.75, 3.05) is 6.61 Å². The lowest BCUT2D eigenvalue weighted by atomic mass is 10.0. The SMILES string of the molecule is [CH2]CCCC(=O)OCCCCC1CCCC1. The topological polar surface area (TPSA) is 26.3 Å². The molecule has 0 aromatic heterocycles. The van der Waals surface area contributed by atoms with Crippen molar-refractivity contribution < 1.29 is 9.53 Å². The highest BCUT2D eigenvalue weighted by Gasteiger charge is 2.13. The van der Waals surface area contributed by atoms with Crippen LogP contribution in [0.1, 0.15) is 64.2 Å². The molecule has 1 fully saturated rings. The minimum atomic E-state index is -0.0514. The molecular formula is C14H25O2. The van der Waals surface area contributed by atoms with E-state index in [0.717, 1.165) is 25.2 Å². The predicted octanol–water partition coefficient (Wildman–Crippen LogP) is 3.89. The summed E-state index contributed by atoms with van der Waals surface area (Å²) in [7, 11) is 0. The number of hydrogen-bond donors (Lipinski definition) is 0. The summed E-state index contributed by atoms with van der Waals surface area (Å²) in [5, 5.41) is 0. The van der Waals surface area contributed by atoms with Gasteiger partial charge in [-0.15, -0.1) is 0 Å². The van der Waals surface area contributed by atoms with E-state index in [1.165, 1.54) is 38.5 Å². The summed E-state index contributed by atoms with van der Waals surface area (Å²) in [5.41, 5.74) is 0. The van der Waals surface area contributed by atoms with Crippen molar-refractivity contribution in [2.45, 2.75) is 64.2 Å². The van der Waals surface area contributed by atoms with Gasteiger partial charge in [0.1, 0.15) is 0 Å². The van der Waals surface area contributed by atoms with Crippen LogP contribution in [-0.4, -0.2) is 12.6 Å². The van der Waals surface area contributed by atoms with E-state index in [-0.39, 0.29) is 5.97 Å². The van der Waals surface area contributed by atoms with Crippen LogP contribution in [0.3, 0.4) is 0 Å². The van der Waals surface area contributed by atoms with Crippen LogP contribution in [0.5, 0.6) is 0 Å². The van der Waals surface area contributed by atoms with E-state index >= 15 is 0 Å². The largest absolute Gasteiger partial charge is 0.466 e. The molecule has 2 heteroatoms. The summed E-state index contributed by atoms with van der Waals surface area (Å²) < 4.78 is 5.14. The van der Waals surface area contributed by atoms with E-state index in [1.807, 2.05) is 0 Å². The molecule has 0 heterocycles. The third-order valence-electron chi connectivity index (χ3n) is 3.38. The van der Waals surface area contributed by atoms with Gasteiger partial charge in [0.05, 0.1) is 6.61 Å². The van der Waals surface area contributed by atoms with Crippen LogP contribution in [0.2, 0.25) is 0 Å². The second-order valence-electron chi connectivity index (χ2n) is 4.82. The van der Waals surface area contributed by atoms with Crippen molar-refractivity contribution in [2.24, 2.45) is 5.92 Å². The Morgan fingerprint density at radius 3 is 2.62 bits per heavy atom. The average molecular weight is 225 g/mol. The Balaban J connectivity index is 1.85. The van der Waals surface area contributed by atoms with E-state index in [1.54, 1.807) is 0 Å². The lowest BCUT2D eigenvalue weighted by Gasteiger charge is -2.08. The molecule has 0 aromatic rings. The fourth-order valence-electron chi connectivity index (χ4n) is 2.36. The first kappa shape index (κ1) is 13.5. The Bertz CT molecular complexity index is 183. The van der Waals surface area contributed by atoms with Crippen LogP contribution in [-0.2, 0) is 9.53 Å². The molecule has 1 rings (SSSR count). The lowest BCUT2D eigenvalue weighted by molar-refractivity contribution is -0.143. The molecule has 0 bridgehead atoms. The third-order valence-corrected chi connectivity index (χ3v) is 3.38. The average Bonchev–Trinajstić information content (AvgIpc) is 2.79. The van der Waals surface area contributed by atoms with E-state index in [9.17, 15) is 4.79 Å². The number of esters is 1. The highest BCUT2D eigenvalue weighted by atomic mass is 16.5. The molecule has 1 radical (unpaired) electrons. The minimum absolute atomic E-state index is 0.0514. The molecule has 93 valence electrons. The molecule has 0 aliphatic heterocycles. The number of rotatable bonds is 8. The molecule has 1 saturated carbocycles. The van der Waals surface area contributed by atoms with Crippen molar-refractivity contribution in [3.8, 4) is 0 Å². The van der Waals surface area contributed by atoms with Gasteiger partial charge in [-0.3, -0.25) is 4.79 Å². The Labute approximate surface area is 99.8 Å². The van der Waals surface area contributed by atoms with E-state index in [0.29, 0.717) is 13.0 Å². The molecule has 0 N–H and O–H groups in total. The van der Waals surface area contributed by atoms with Gasteiger partial charge in [0.15, 0.2) is 0 Å². The Kier molecular flexibility index (Phi) is 7.28. The molecule has 0 amide bonds. The monoisotopic (exact) mass is 225 g/mol. The molecule has 16 heavy (non-hydrogen) atoms. The molecule has 0 aromatic carbocycles. The summed E-state index contributed by atoms with van der Waals surface area (Å²) in [5.74, 6) is 0.909. The van der Waals surface area contributed by atoms with E-state index in [2.05, 4.69) is 6.92 Å². The molecular weight excluding hydrogens is 200 g/mol. The van der Waals surface area contributed by atoms with Crippen LogP contribution in [0.15, 0.2) is 0 Å². The Morgan fingerprint density at radius 2 is 1.94 bits per heavy atom. The maximum Gasteiger partial charge on any atom is 0.305 e. The van der Waals surface area contributed by atoms with Gasteiger partial charge in [-0.25, -0.2) is 0 Å². The van der Waals surface area contributed by atoms with E-state index < -0.39 is 0 Å². The first-order valence-corrected chi connectivity index (χ1v) is 6.78. The van der Waals surface area contributed by atoms with Crippen molar-refractivity contribution >= 4 is 5.97 Å². The van der Waals surface area contributed by atoms with E-state index in [4.69, 9.17) is 4.74 Å². The summed E-state index contributed by atoms with van der Waals surface area (Å²) in [6.07, 6.45) is 11.5. The minimum Gasteiger partial charge on any atom is -0.466 e. The first-order valence-electron chi connectivity index (χ1n) is 6.78. The Morgan fingerprint density at radius 1 is 1.19 bits per heavy atom. The predicted molar refractivity (Wildman–Crippen MR) is 66.0 cm³/mol. The van der Waals surface area contributed by atoms with Crippen molar-refractivity contribution in [3.05, 3.63) is 6.92 Å². The van der Waals surface area contributed by atoms with Crippen molar-refractivity contribution in [1.29, 1.82) is 0 Å². The van der Waals surface area contributed by atoms with Crippen molar-refractivity contribution in [1.82, 2.24) is 0 Å². The van der Waals surface area contributed by atoms with Gasteiger partial charge < -0.3 is 4.74 Å². The zero-order chi connectivity index (χ0) is 11.6. The van der Waals surface area contributed by atoms with Crippen molar-refractivity contribution in [3.63, 3.8) is 0 Å². The highest BCUT2D eigenvalue weighted by Crippen LogP contribution is 2.28. The molecule has 1 aliphatic carbocycles. The van der Waals surface area contributed by atoms with Gasteiger partial charge in [-0.05, 0) is 25.2 Å². The zero-order valence-corrected chi connectivity index (χ0v) is 10.4. The first-order chi connectivity index (χ1) is 7.83. The fourth-order valence-corrected chi connectivity index (χ4v) is 2.36. The summed E-state index contributed by atoms with van der Waals surface area (Å²) in [6.45, 7) is 4.32. The maximum absolute atomic E-state index is 11.2. The maximum atomic E-state index is 11.2. The molecule has 0 atom stereocenters. The van der Waals surface area contributed by atoms with Crippen LogP contribution < -0.4 is 0 Å². The fraction of sp³-hybridized carbons (Fsp3) is 0.857. The zero-order valence-electron chi connectivity index (χ0n) is 10.4. The molecule has 0 unspecified atom stereocenters. The second kappa shape index (κ2) is 8.60. The van der Waals surface area contributed by atoms with Gasteiger partial charge in [-0.1, -0.05) is 45.4 Å². The molecule has 1 aliphatic rings. The van der Waals surface area contributed by atoms with Gasteiger partial charge in [-0.2, -0.15) is 0 Å². The van der Waals surface area contributed by atoms with Crippen LogP contribution >= 0.6 is 0 Å². The third kappa shape index (κ3) is 6.14. The highest BCUT2D eigenvalue weighted by molar-refractivity contribution is 5.69. The van der Waals surface area contributed by atoms with Gasteiger partial charge in [0, 0.05) is 6.42 Å². The van der Waals surface area contributed by atoms with Gasteiger partial charge >= 0.3 is 5.97 Å². The standard InChI is InChI=1S/C14H25O2/c1-2-3-11-14(15)16-12-7-6-10-13-8-4-5-9-13/h13H,1-12H2. The lowest BCUT2D eigenvalue weighted by Crippen LogP contribution is -2.05. The summed E-state index contributed by atoms with van der Waals surface area (Å²) in [4.78, 5) is 11.2. The number of carbonyl (C=O) groups is 1. The van der Waals surface area contributed by atoms with Crippen LogP contribution in [0.4, 0.5) is 0 Å².